The predicted octanol–water partition coefficient (Wildman–Crippen LogP) is 1.20. The Hall–Kier alpha value is -1.66. The summed E-state index contributed by atoms with van der Waals surface area (Å²) in [4.78, 5) is 10.1. The topological polar surface area (TPSA) is 98.6 Å². The fraction of sp³-hybridized carbons (Fsp3) is 0.455. The largest absolute Gasteiger partial charge is 0.493 e. The van der Waals surface area contributed by atoms with Crippen LogP contribution in [0.3, 0.4) is 0 Å². The predicted molar refractivity (Wildman–Crippen MR) is 62.8 cm³/mol. The molecule has 3 N–H and O–H groups in total. The van der Waals surface area contributed by atoms with Crippen molar-refractivity contribution in [2.24, 2.45) is 5.73 Å². The molecule has 0 aromatic heterocycles. The summed E-state index contributed by atoms with van der Waals surface area (Å²) in [5.41, 5.74) is 6.13. The van der Waals surface area contributed by atoms with Crippen molar-refractivity contribution in [1.29, 1.82) is 0 Å². The van der Waals surface area contributed by atoms with Gasteiger partial charge in [-0.25, -0.2) is 0 Å². The van der Waals surface area contributed by atoms with Gasteiger partial charge in [-0.1, -0.05) is 0 Å². The van der Waals surface area contributed by atoms with E-state index >= 15 is 0 Å². The average Bonchev–Trinajstić information content (AvgIpc) is 2.34. The van der Waals surface area contributed by atoms with E-state index in [1.165, 1.54) is 12.1 Å². The first kappa shape index (κ1) is 13.4. The van der Waals surface area contributed by atoms with Crippen LogP contribution in [0.2, 0.25) is 0 Å². The zero-order valence-corrected chi connectivity index (χ0v) is 9.46. The van der Waals surface area contributed by atoms with Gasteiger partial charge in [0.1, 0.15) is 5.75 Å². The van der Waals surface area contributed by atoms with E-state index in [2.05, 4.69) is 0 Å². The molecule has 0 bridgehead atoms. The molecular formula is C11H16N2O4. The number of non-ortho nitro benzene ring substituents is 1. The molecule has 0 fully saturated rings. The average molecular weight is 240 g/mol. The summed E-state index contributed by atoms with van der Waals surface area (Å²) < 4.78 is 5.45. The second kappa shape index (κ2) is 6.82. The monoisotopic (exact) mass is 240 g/mol. The number of rotatable bonds is 7. The third kappa shape index (κ3) is 4.01. The highest BCUT2D eigenvalue weighted by Gasteiger charge is 2.10. The van der Waals surface area contributed by atoms with Crippen LogP contribution in [0.25, 0.3) is 0 Å². The Kier molecular flexibility index (Phi) is 5.38. The minimum absolute atomic E-state index is 0.00755. The molecule has 0 heterocycles. The lowest BCUT2D eigenvalue weighted by atomic mass is 10.2. The van der Waals surface area contributed by atoms with Crippen molar-refractivity contribution in [1.82, 2.24) is 0 Å². The SMILES string of the molecule is NCc1cc([N+](=O)[O-])ccc1OCCCCO. The number of benzene rings is 1. The van der Waals surface area contributed by atoms with Gasteiger partial charge < -0.3 is 15.6 Å². The standard InChI is InChI=1S/C11H16N2O4/c12-8-9-7-10(13(15)16)3-4-11(9)17-6-2-1-5-14/h3-4,7,14H,1-2,5-6,8,12H2. The summed E-state index contributed by atoms with van der Waals surface area (Å²) in [5.74, 6) is 0.566. The molecule has 6 heteroatoms. The van der Waals surface area contributed by atoms with E-state index in [0.717, 1.165) is 6.42 Å². The normalized spacial score (nSPS) is 10.2. The lowest BCUT2D eigenvalue weighted by Crippen LogP contribution is -2.05. The molecule has 1 aromatic carbocycles. The summed E-state index contributed by atoms with van der Waals surface area (Å²) in [6.45, 7) is 0.787. The number of hydrogen-bond acceptors (Lipinski definition) is 5. The van der Waals surface area contributed by atoms with Gasteiger partial charge in [-0.15, -0.1) is 0 Å². The second-order valence-corrected chi connectivity index (χ2v) is 3.53. The molecule has 0 radical (unpaired) electrons. The Labute approximate surface area is 99.2 Å². The van der Waals surface area contributed by atoms with Gasteiger partial charge in [-0.05, 0) is 18.9 Å². The van der Waals surface area contributed by atoms with E-state index < -0.39 is 4.92 Å². The van der Waals surface area contributed by atoms with E-state index in [9.17, 15) is 10.1 Å². The van der Waals surface area contributed by atoms with Crippen LogP contribution >= 0.6 is 0 Å². The van der Waals surface area contributed by atoms with Crippen LogP contribution in [-0.4, -0.2) is 23.2 Å². The Morgan fingerprint density at radius 1 is 1.41 bits per heavy atom. The first-order chi connectivity index (χ1) is 8.19. The number of nitro groups is 1. The van der Waals surface area contributed by atoms with E-state index in [1.807, 2.05) is 0 Å². The van der Waals surface area contributed by atoms with Crippen molar-refractivity contribution >= 4 is 5.69 Å². The van der Waals surface area contributed by atoms with Crippen LogP contribution in [0.5, 0.6) is 5.75 Å². The van der Waals surface area contributed by atoms with E-state index in [-0.39, 0.29) is 18.8 Å². The lowest BCUT2D eigenvalue weighted by Gasteiger charge is -2.09. The number of hydrogen-bond donors (Lipinski definition) is 2. The van der Waals surface area contributed by atoms with Crippen LogP contribution in [0, 0.1) is 10.1 Å². The zero-order chi connectivity index (χ0) is 12.7. The van der Waals surface area contributed by atoms with Crippen molar-refractivity contribution in [3.8, 4) is 5.75 Å². The highest BCUT2D eigenvalue weighted by Crippen LogP contribution is 2.23. The Bertz CT molecular complexity index is 382. The third-order valence-corrected chi connectivity index (χ3v) is 2.28. The van der Waals surface area contributed by atoms with Gasteiger partial charge in [-0.2, -0.15) is 0 Å². The van der Waals surface area contributed by atoms with Gasteiger partial charge in [-0.3, -0.25) is 10.1 Å². The maximum absolute atomic E-state index is 10.6. The van der Waals surface area contributed by atoms with Crippen LogP contribution in [0.1, 0.15) is 18.4 Å². The number of nitrogens with zero attached hydrogens (tertiary/aromatic N) is 1. The molecule has 0 atom stereocenters. The molecule has 0 saturated heterocycles. The molecule has 0 aliphatic carbocycles. The molecule has 6 nitrogen and oxygen atoms in total. The number of aliphatic hydroxyl groups excluding tert-OH is 1. The number of nitrogens with two attached hydrogens (primary N) is 1. The van der Waals surface area contributed by atoms with Gasteiger partial charge in [0, 0.05) is 30.8 Å². The summed E-state index contributed by atoms with van der Waals surface area (Å²) >= 11 is 0. The first-order valence-corrected chi connectivity index (χ1v) is 5.40. The highest BCUT2D eigenvalue weighted by molar-refractivity contribution is 5.43. The molecule has 1 aromatic rings. The second-order valence-electron chi connectivity index (χ2n) is 3.53. The highest BCUT2D eigenvalue weighted by atomic mass is 16.6. The molecule has 0 unspecified atom stereocenters. The van der Waals surface area contributed by atoms with Crippen molar-refractivity contribution < 1.29 is 14.8 Å². The van der Waals surface area contributed by atoms with Crippen molar-refractivity contribution in [3.63, 3.8) is 0 Å². The molecule has 17 heavy (non-hydrogen) atoms. The van der Waals surface area contributed by atoms with E-state index in [1.54, 1.807) is 6.07 Å². The van der Waals surface area contributed by atoms with Gasteiger partial charge in [0.15, 0.2) is 0 Å². The van der Waals surface area contributed by atoms with Crippen LogP contribution in [0.15, 0.2) is 18.2 Å². The zero-order valence-electron chi connectivity index (χ0n) is 9.46. The molecule has 0 aliphatic heterocycles. The number of ether oxygens (including phenoxy) is 1. The maximum Gasteiger partial charge on any atom is 0.270 e. The summed E-state index contributed by atoms with van der Waals surface area (Å²) in [7, 11) is 0. The van der Waals surface area contributed by atoms with Gasteiger partial charge in [0.2, 0.25) is 0 Å². The fourth-order valence-corrected chi connectivity index (χ4v) is 1.38. The molecule has 0 amide bonds. The Morgan fingerprint density at radius 2 is 2.18 bits per heavy atom. The fourth-order valence-electron chi connectivity index (χ4n) is 1.38. The molecule has 94 valence electrons. The molecular weight excluding hydrogens is 224 g/mol. The van der Waals surface area contributed by atoms with Crippen LogP contribution in [-0.2, 0) is 6.54 Å². The number of unbranched alkanes of at least 4 members (excludes halogenated alkanes) is 1. The molecule has 0 aliphatic rings. The summed E-state index contributed by atoms with van der Waals surface area (Å²) in [6.07, 6.45) is 1.41. The number of nitro benzene ring substituents is 1. The minimum atomic E-state index is -0.464. The van der Waals surface area contributed by atoms with Crippen molar-refractivity contribution in [2.45, 2.75) is 19.4 Å². The molecule has 1 rings (SSSR count). The van der Waals surface area contributed by atoms with Gasteiger partial charge >= 0.3 is 0 Å². The maximum atomic E-state index is 10.6. The van der Waals surface area contributed by atoms with Crippen LogP contribution < -0.4 is 10.5 Å². The Balaban J connectivity index is 2.68. The van der Waals surface area contributed by atoms with E-state index in [0.29, 0.717) is 24.3 Å². The smallest absolute Gasteiger partial charge is 0.270 e. The summed E-state index contributed by atoms with van der Waals surface area (Å²) in [6, 6.07) is 4.36. The molecule has 0 saturated carbocycles. The molecule has 0 spiro atoms. The number of aliphatic hydroxyl groups is 1. The van der Waals surface area contributed by atoms with Crippen LogP contribution in [0.4, 0.5) is 5.69 Å². The Morgan fingerprint density at radius 3 is 2.76 bits per heavy atom. The van der Waals surface area contributed by atoms with Gasteiger partial charge in [0.05, 0.1) is 11.5 Å². The first-order valence-electron chi connectivity index (χ1n) is 5.40. The van der Waals surface area contributed by atoms with E-state index in [4.69, 9.17) is 15.6 Å². The third-order valence-electron chi connectivity index (χ3n) is 2.28. The quantitative estimate of drug-likeness (QED) is 0.424. The van der Waals surface area contributed by atoms with Crippen molar-refractivity contribution in [3.05, 3.63) is 33.9 Å². The summed E-state index contributed by atoms with van der Waals surface area (Å²) in [5, 5.41) is 19.2. The lowest BCUT2D eigenvalue weighted by molar-refractivity contribution is -0.384. The van der Waals surface area contributed by atoms with Crippen molar-refractivity contribution in [2.75, 3.05) is 13.2 Å². The van der Waals surface area contributed by atoms with Gasteiger partial charge in [0.25, 0.3) is 5.69 Å². The minimum Gasteiger partial charge on any atom is -0.493 e.